The molecule has 1 atom stereocenters. The normalized spacial score (nSPS) is 14.6. The molecule has 13 nitrogen and oxygen atoms in total. The molecule has 0 fully saturated rings. The number of carbonyl (C=O) groups is 1. The number of hydrogen-bond acceptors (Lipinski definition) is 8. The van der Waals surface area contributed by atoms with Crippen LogP contribution < -0.4 is 9.64 Å². The van der Waals surface area contributed by atoms with Gasteiger partial charge in [-0.05, 0) is 101 Å². The topological polar surface area (TPSA) is 131 Å². The molecule has 59 heavy (non-hydrogen) atoms. The number of hydrogen-bond donors (Lipinski definition) is 0. The summed E-state index contributed by atoms with van der Waals surface area (Å²) in [5.41, 5.74) is 10.2. The maximum absolute atomic E-state index is 15.4. The summed E-state index contributed by atoms with van der Waals surface area (Å²) in [7, 11) is 0.0728. The highest BCUT2D eigenvalue weighted by Gasteiger charge is 2.38. The van der Waals surface area contributed by atoms with Crippen molar-refractivity contribution in [3.63, 3.8) is 0 Å². The lowest BCUT2D eigenvalue weighted by atomic mass is 9.98. The molecule has 5 heterocycles. The summed E-state index contributed by atoms with van der Waals surface area (Å²) in [6.45, 7) is 11.0. The molecule has 1 aliphatic heterocycles. The molecule has 0 radical (unpaired) electrons. The van der Waals surface area contributed by atoms with E-state index in [0.29, 0.717) is 48.2 Å². The largest absolute Gasteiger partial charge is 0.494 e. The number of rotatable bonds is 12. The van der Waals surface area contributed by atoms with Crippen molar-refractivity contribution in [3.8, 4) is 28.3 Å². The molecule has 16 heteroatoms. The van der Waals surface area contributed by atoms with Gasteiger partial charge < -0.3 is 18.8 Å². The van der Waals surface area contributed by atoms with Crippen molar-refractivity contribution in [1.82, 2.24) is 33.7 Å². The summed E-state index contributed by atoms with van der Waals surface area (Å²) in [4.78, 5) is 21.7. The van der Waals surface area contributed by atoms with Gasteiger partial charge in [0.1, 0.15) is 17.8 Å². The van der Waals surface area contributed by atoms with E-state index in [1.807, 2.05) is 105 Å². The van der Waals surface area contributed by atoms with Crippen LogP contribution in [-0.2, 0) is 41.4 Å². The lowest BCUT2D eigenvalue weighted by Crippen LogP contribution is -2.42. The number of carbonyl (C=O) groups excluding carboxylic acids is 1. The van der Waals surface area contributed by atoms with E-state index in [9.17, 15) is 8.42 Å². The van der Waals surface area contributed by atoms with E-state index in [1.165, 1.54) is 0 Å². The van der Waals surface area contributed by atoms with E-state index in [4.69, 9.17) is 37.2 Å². The van der Waals surface area contributed by atoms with Gasteiger partial charge in [0, 0.05) is 77.6 Å². The first kappa shape index (κ1) is 40.6. The van der Waals surface area contributed by atoms with E-state index < -0.39 is 10.1 Å². The Labute approximate surface area is 353 Å². The van der Waals surface area contributed by atoms with E-state index in [1.54, 1.807) is 11.0 Å². The van der Waals surface area contributed by atoms with E-state index >= 15 is 4.79 Å². The Balaban J connectivity index is 1.27. The van der Waals surface area contributed by atoms with Crippen molar-refractivity contribution in [2.24, 2.45) is 14.1 Å². The highest BCUT2D eigenvalue weighted by Crippen LogP contribution is 2.46. The zero-order chi connectivity index (χ0) is 42.1. The average Bonchev–Trinajstić information content (AvgIpc) is 3.92. The molecule has 4 aromatic heterocycles. The number of benzene rings is 3. The molecule has 1 amide bonds. The van der Waals surface area contributed by atoms with Gasteiger partial charge in [0.05, 0.1) is 46.9 Å². The monoisotopic (exact) mass is 856 g/mol. The smallest absolute Gasteiger partial charge is 0.275 e. The van der Waals surface area contributed by atoms with Gasteiger partial charge in [-0.3, -0.25) is 18.3 Å². The second kappa shape index (κ2) is 15.5. The Morgan fingerprint density at radius 2 is 1.68 bits per heavy atom. The van der Waals surface area contributed by atoms with Crippen LogP contribution in [0.5, 0.6) is 5.75 Å². The van der Waals surface area contributed by atoms with Crippen molar-refractivity contribution < 1.29 is 22.1 Å². The number of aryl methyl sites for hydroxylation is 6. The standard InChI is InChI=1S/C43H46Cl2N8O5S/c1-24-18-30(19-25(2)39(24)45)57-16-9-10-31-32-12-13-34(44)38(37-27(4)47-50(7)28(37)5)40(32)53-26(3)21-52(43(54)41(31)53)36-22-51(15-17-58-59(8,55)56)35-14-11-29(20-33(35)36)42-46-23-49(6)48-42/h11-14,18-20,22-23,26H,9-10,15-17,21H2,1-8H3. The summed E-state index contributed by atoms with van der Waals surface area (Å²) in [6.07, 6.45) is 5.77. The van der Waals surface area contributed by atoms with Crippen LogP contribution in [0.3, 0.4) is 0 Å². The van der Waals surface area contributed by atoms with Gasteiger partial charge in [-0.15, -0.1) is 0 Å². The Morgan fingerprint density at radius 1 is 0.932 bits per heavy atom. The number of aromatic nitrogens is 7. The maximum Gasteiger partial charge on any atom is 0.275 e. The van der Waals surface area contributed by atoms with Crippen LogP contribution in [0.1, 0.15) is 58.0 Å². The minimum absolute atomic E-state index is 0.0672. The van der Waals surface area contributed by atoms with Crippen LogP contribution in [0, 0.1) is 27.7 Å². The van der Waals surface area contributed by atoms with Crippen molar-refractivity contribution >= 4 is 66.7 Å². The number of fused-ring (bicyclic) bond motifs is 4. The first-order chi connectivity index (χ1) is 28.0. The van der Waals surface area contributed by atoms with Gasteiger partial charge in [-0.1, -0.05) is 29.3 Å². The van der Waals surface area contributed by atoms with Crippen molar-refractivity contribution in [2.45, 2.75) is 60.0 Å². The molecule has 0 N–H and O–H groups in total. The summed E-state index contributed by atoms with van der Waals surface area (Å²) in [6, 6.07) is 13.5. The van der Waals surface area contributed by atoms with Crippen LogP contribution in [0.4, 0.5) is 5.69 Å². The van der Waals surface area contributed by atoms with Gasteiger partial charge in [0.2, 0.25) is 0 Å². The third kappa shape index (κ3) is 7.40. The predicted molar refractivity (Wildman–Crippen MR) is 232 cm³/mol. The summed E-state index contributed by atoms with van der Waals surface area (Å²) in [5, 5.41) is 12.3. The molecule has 0 saturated carbocycles. The predicted octanol–water partition coefficient (Wildman–Crippen LogP) is 8.54. The molecule has 0 saturated heterocycles. The van der Waals surface area contributed by atoms with Crippen LogP contribution in [-0.4, -0.2) is 74.0 Å². The van der Waals surface area contributed by atoms with E-state index in [0.717, 1.165) is 83.6 Å². The Hall–Kier alpha value is -5.15. The van der Waals surface area contributed by atoms with E-state index in [2.05, 4.69) is 21.6 Å². The van der Waals surface area contributed by atoms with Crippen LogP contribution in [0.2, 0.25) is 10.0 Å². The van der Waals surface area contributed by atoms with Gasteiger partial charge in [-0.25, -0.2) is 4.98 Å². The summed E-state index contributed by atoms with van der Waals surface area (Å²) >= 11 is 13.6. The number of anilines is 1. The van der Waals surface area contributed by atoms with Crippen molar-refractivity contribution in [3.05, 3.63) is 98.8 Å². The number of amides is 1. The van der Waals surface area contributed by atoms with Crippen molar-refractivity contribution in [2.75, 3.05) is 30.9 Å². The molecule has 0 spiro atoms. The maximum atomic E-state index is 15.4. The molecule has 0 aliphatic carbocycles. The second-order valence-corrected chi connectivity index (χ2v) is 17.9. The number of halogens is 2. The third-order valence-electron chi connectivity index (χ3n) is 11.2. The number of nitrogens with zero attached hydrogens (tertiary/aromatic N) is 8. The molecule has 1 aliphatic rings. The van der Waals surface area contributed by atoms with Gasteiger partial charge >= 0.3 is 0 Å². The minimum atomic E-state index is -3.66. The van der Waals surface area contributed by atoms with Crippen LogP contribution in [0.15, 0.2) is 55.0 Å². The zero-order valence-electron chi connectivity index (χ0n) is 34.3. The fourth-order valence-corrected chi connectivity index (χ4v) is 9.25. The summed E-state index contributed by atoms with van der Waals surface area (Å²) < 4.78 is 42.8. The van der Waals surface area contributed by atoms with Crippen LogP contribution >= 0.6 is 23.2 Å². The Kier molecular flexibility index (Phi) is 10.6. The average molecular weight is 858 g/mol. The van der Waals surface area contributed by atoms with E-state index in [-0.39, 0.29) is 25.1 Å². The molecular weight excluding hydrogens is 811 g/mol. The summed E-state index contributed by atoms with van der Waals surface area (Å²) in [5.74, 6) is 1.14. The quantitative estimate of drug-likeness (QED) is 0.0883. The first-order valence-corrected chi connectivity index (χ1v) is 22.0. The molecule has 0 bridgehead atoms. The molecule has 3 aromatic carbocycles. The fraction of sp³-hybridized carbons (Fsp3) is 0.349. The Morgan fingerprint density at radius 3 is 2.34 bits per heavy atom. The lowest BCUT2D eigenvalue weighted by molar-refractivity contribution is 0.0957. The van der Waals surface area contributed by atoms with Crippen molar-refractivity contribution in [1.29, 1.82) is 0 Å². The molecule has 1 unspecified atom stereocenters. The zero-order valence-corrected chi connectivity index (χ0v) is 36.6. The SMILES string of the molecule is Cc1cc(OCCCc2c3n(c4c(-c5c(C)nn(C)c5C)c(Cl)ccc24)C(C)CN(c2cn(CCOS(C)(=O)=O)c4ccc(-c5ncn(C)n5)cc24)C3=O)cc(C)c1Cl. The first-order valence-electron chi connectivity index (χ1n) is 19.4. The molecule has 7 aromatic rings. The number of ether oxygens (including phenoxy) is 1. The molecule has 308 valence electrons. The Bertz CT molecular complexity index is 2900. The van der Waals surface area contributed by atoms with Gasteiger partial charge in [0.25, 0.3) is 16.0 Å². The van der Waals surface area contributed by atoms with Gasteiger partial charge in [0.15, 0.2) is 5.82 Å². The third-order valence-corrected chi connectivity index (χ3v) is 12.7. The molecule has 8 rings (SSSR count). The second-order valence-electron chi connectivity index (χ2n) is 15.5. The molecular formula is C43H46Cl2N8O5S. The highest BCUT2D eigenvalue weighted by molar-refractivity contribution is 7.85. The highest BCUT2D eigenvalue weighted by atomic mass is 35.5. The van der Waals surface area contributed by atoms with Gasteiger partial charge in [-0.2, -0.15) is 18.6 Å². The van der Waals surface area contributed by atoms with Crippen LogP contribution in [0.25, 0.3) is 44.3 Å². The minimum Gasteiger partial charge on any atom is -0.494 e. The fourth-order valence-electron chi connectivity index (χ4n) is 8.51. The lowest BCUT2D eigenvalue weighted by Gasteiger charge is -2.34.